The molecule has 26 heavy (non-hydrogen) atoms. The lowest BCUT2D eigenvalue weighted by Gasteiger charge is -2.07. The monoisotopic (exact) mass is 371 g/mol. The number of rotatable bonds is 5. The zero-order valence-electron chi connectivity index (χ0n) is 13.5. The van der Waals surface area contributed by atoms with Crippen LogP contribution in [0.2, 0.25) is 5.02 Å². The van der Waals surface area contributed by atoms with Crippen molar-refractivity contribution >= 4 is 34.4 Å². The van der Waals surface area contributed by atoms with Crippen LogP contribution in [0.25, 0.3) is 11.0 Å². The van der Waals surface area contributed by atoms with E-state index in [0.717, 1.165) is 5.56 Å². The van der Waals surface area contributed by atoms with Gasteiger partial charge in [-0.3, -0.25) is 4.79 Å². The summed E-state index contributed by atoms with van der Waals surface area (Å²) in [7, 11) is 0. The molecule has 132 valence electrons. The van der Waals surface area contributed by atoms with Crippen molar-refractivity contribution in [1.29, 1.82) is 0 Å². The van der Waals surface area contributed by atoms with Crippen molar-refractivity contribution in [2.45, 2.75) is 6.54 Å². The molecule has 0 saturated heterocycles. The zero-order valence-corrected chi connectivity index (χ0v) is 14.3. The van der Waals surface area contributed by atoms with Crippen LogP contribution in [0.5, 0.6) is 0 Å². The van der Waals surface area contributed by atoms with E-state index in [1.807, 2.05) is 0 Å². The Balaban J connectivity index is 1.58. The standard InChI is InChI=1S/C19H14ClNO5/c20-14-7-5-12(6-8-14)10-21-17(22)11-25-18(23)15-9-13-3-1-2-4-16(13)26-19(15)24/h1-9H,10-11H2,(H,21,22). The predicted octanol–water partition coefficient (Wildman–Crippen LogP) is 2.92. The third-order valence-electron chi connectivity index (χ3n) is 3.60. The highest BCUT2D eigenvalue weighted by atomic mass is 35.5. The van der Waals surface area contributed by atoms with Gasteiger partial charge in [-0.2, -0.15) is 0 Å². The number of hydrogen-bond acceptors (Lipinski definition) is 5. The molecule has 3 rings (SSSR count). The number of nitrogens with one attached hydrogen (secondary N) is 1. The van der Waals surface area contributed by atoms with Crippen LogP contribution in [0, 0.1) is 0 Å². The lowest BCUT2D eigenvalue weighted by atomic mass is 10.2. The normalized spacial score (nSPS) is 10.5. The van der Waals surface area contributed by atoms with Crippen LogP contribution in [0.3, 0.4) is 0 Å². The van der Waals surface area contributed by atoms with Crippen molar-refractivity contribution in [2.75, 3.05) is 6.61 Å². The first kappa shape index (κ1) is 17.7. The van der Waals surface area contributed by atoms with Gasteiger partial charge in [0.25, 0.3) is 5.91 Å². The highest BCUT2D eigenvalue weighted by Gasteiger charge is 2.16. The molecule has 0 unspecified atom stereocenters. The number of para-hydroxylation sites is 1. The van der Waals surface area contributed by atoms with Gasteiger partial charge in [0, 0.05) is 17.0 Å². The maximum Gasteiger partial charge on any atom is 0.351 e. The number of esters is 1. The van der Waals surface area contributed by atoms with E-state index in [9.17, 15) is 14.4 Å². The van der Waals surface area contributed by atoms with Gasteiger partial charge in [-0.1, -0.05) is 41.9 Å². The molecule has 0 bridgehead atoms. The average Bonchev–Trinajstić information content (AvgIpc) is 2.65. The Morgan fingerprint density at radius 2 is 1.81 bits per heavy atom. The summed E-state index contributed by atoms with van der Waals surface area (Å²) in [6.45, 7) is -0.232. The first-order valence-electron chi connectivity index (χ1n) is 7.74. The smallest absolute Gasteiger partial charge is 0.351 e. The fourth-order valence-corrected chi connectivity index (χ4v) is 2.39. The fourth-order valence-electron chi connectivity index (χ4n) is 2.27. The summed E-state index contributed by atoms with van der Waals surface area (Å²) in [6, 6.07) is 15.1. The van der Waals surface area contributed by atoms with Crippen molar-refractivity contribution in [3.05, 3.63) is 81.2 Å². The minimum Gasteiger partial charge on any atom is -0.452 e. The molecule has 2 aromatic carbocycles. The molecule has 0 radical (unpaired) electrons. The van der Waals surface area contributed by atoms with Crippen LogP contribution in [0.4, 0.5) is 0 Å². The molecular weight excluding hydrogens is 358 g/mol. The van der Waals surface area contributed by atoms with Gasteiger partial charge in [-0.25, -0.2) is 9.59 Å². The summed E-state index contributed by atoms with van der Waals surface area (Å²) < 4.78 is 9.96. The maximum atomic E-state index is 12.0. The molecule has 0 fully saturated rings. The second kappa shape index (κ2) is 7.84. The number of halogens is 1. The summed E-state index contributed by atoms with van der Waals surface area (Å²) >= 11 is 5.79. The molecule has 0 aliphatic heterocycles. The second-order valence-corrected chi connectivity index (χ2v) is 5.90. The Labute approximate surface area is 153 Å². The Morgan fingerprint density at radius 3 is 2.58 bits per heavy atom. The highest BCUT2D eigenvalue weighted by Crippen LogP contribution is 2.13. The first-order valence-corrected chi connectivity index (χ1v) is 8.12. The van der Waals surface area contributed by atoms with Crippen molar-refractivity contribution in [3.8, 4) is 0 Å². The molecule has 1 heterocycles. The third-order valence-corrected chi connectivity index (χ3v) is 3.85. The number of carbonyl (C=O) groups excluding carboxylic acids is 2. The van der Waals surface area contributed by atoms with Crippen molar-refractivity contribution in [3.63, 3.8) is 0 Å². The SMILES string of the molecule is O=C(COC(=O)c1cc2ccccc2oc1=O)NCc1ccc(Cl)cc1. The van der Waals surface area contributed by atoms with E-state index >= 15 is 0 Å². The Kier molecular flexibility index (Phi) is 5.34. The number of fused-ring (bicyclic) bond motifs is 1. The van der Waals surface area contributed by atoms with E-state index in [1.54, 1.807) is 48.5 Å². The van der Waals surface area contributed by atoms with Gasteiger partial charge in [0.1, 0.15) is 11.1 Å². The van der Waals surface area contributed by atoms with E-state index in [4.69, 9.17) is 20.8 Å². The molecule has 7 heteroatoms. The van der Waals surface area contributed by atoms with Gasteiger partial charge in [-0.05, 0) is 29.8 Å². The lowest BCUT2D eigenvalue weighted by molar-refractivity contribution is -0.124. The first-order chi connectivity index (χ1) is 12.5. The molecule has 1 N–H and O–H groups in total. The van der Waals surface area contributed by atoms with Crippen LogP contribution in [-0.4, -0.2) is 18.5 Å². The summed E-state index contributed by atoms with van der Waals surface area (Å²) in [5.41, 5.74) is 0.156. The molecule has 0 atom stereocenters. The van der Waals surface area contributed by atoms with Crippen LogP contribution >= 0.6 is 11.6 Å². The quantitative estimate of drug-likeness (QED) is 0.550. The Hall–Kier alpha value is -3.12. The fraction of sp³-hybridized carbons (Fsp3) is 0.105. The largest absolute Gasteiger partial charge is 0.452 e. The number of amides is 1. The van der Waals surface area contributed by atoms with E-state index < -0.39 is 24.1 Å². The van der Waals surface area contributed by atoms with Crippen LogP contribution in [0.1, 0.15) is 15.9 Å². The van der Waals surface area contributed by atoms with Gasteiger partial charge >= 0.3 is 11.6 Å². The van der Waals surface area contributed by atoms with E-state index in [1.165, 1.54) is 6.07 Å². The average molecular weight is 372 g/mol. The lowest BCUT2D eigenvalue weighted by Crippen LogP contribution is -2.29. The summed E-state index contributed by atoms with van der Waals surface area (Å²) in [6.07, 6.45) is 0. The molecule has 0 aliphatic carbocycles. The second-order valence-electron chi connectivity index (χ2n) is 5.46. The number of benzene rings is 2. The molecule has 0 spiro atoms. The van der Waals surface area contributed by atoms with E-state index in [-0.39, 0.29) is 12.1 Å². The minimum atomic E-state index is -0.911. The molecule has 6 nitrogen and oxygen atoms in total. The molecule has 0 aliphatic rings. The van der Waals surface area contributed by atoms with Crippen LogP contribution < -0.4 is 10.9 Å². The Bertz CT molecular complexity index is 1010. The summed E-state index contributed by atoms with van der Waals surface area (Å²) in [5.74, 6) is -1.40. The molecule has 1 amide bonds. The number of ether oxygens (including phenoxy) is 1. The van der Waals surface area contributed by atoms with Crippen LogP contribution in [-0.2, 0) is 16.1 Å². The Morgan fingerprint density at radius 1 is 1.08 bits per heavy atom. The summed E-state index contributed by atoms with van der Waals surface area (Å²) in [4.78, 5) is 35.7. The van der Waals surface area contributed by atoms with Crippen molar-refractivity contribution in [1.82, 2.24) is 5.32 Å². The van der Waals surface area contributed by atoms with E-state index in [0.29, 0.717) is 16.0 Å². The van der Waals surface area contributed by atoms with Crippen LogP contribution in [0.15, 0.2) is 63.8 Å². The number of carbonyl (C=O) groups is 2. The summed E-state index contributed by atoms with van der Waals surface area (Å²) in [5, 5.41) is 3.80. The topological polar surface area (TPSA) is 85.6 Å². The molecule has 0 saturated carbocycles. The van der Waals surface area contributed by atoms with Gasteiger partial charge in [0.15, 0.2) is 6.61 Å². The van der Waals surface area contributed by atoms with Gasteiger partial charge < -0.3 is 14.5 Å². The van der Waals surface area contributed by atoms with Gasteiger partial charge in [0.05, 0.1) is 0 Å². The predicted molar refractivity (Wildman–Crippen MR) is 96.1 cm³/mol. The van der Waals surface area contributed by atoms with Gasteiger partial charge in [-0.15, -0.1) is 0 Å². The molecular formula is C19H14ClNO5. The molecule has 3 aromatic rings. The van der Waals surface area contributed by atoms with Crippen molar-refractivity contribution < 1.29 is 18.7 Å². The number of hydrogen-bond donors (Lipinski definition) is 1. The maximum absolute atomic E-state index is 12.0. The third kappa shape index (κ3) is 4.29. The highest BCUT2D eigenvalue weighted by molar-refractivity contribution is 6.30. The molecule has 1 aromatic heterocycles. The van der Waals surface area contributed by atoms with E-state index in [2.05, 4.69) is 5.32 Å². The minimum absolute atomic E-state index is 0.255. The van der Waals surface area contributed by atoms with Gasteiger partial charge in [0.2, 0.25) is 0 Å². The van der Waals surface area contributed by atoms with Crippen molar-refractivity contribution in [2.24, 2.45) is 0 Å². The zero-order chi connectivity index (χ0) is 18.5.